The Labute approximate surface area is 122 Å². The second kappa shape index (κ2) is 6.21. The molecule has 1 N–H and O–H groups in total. The van der Waals surface area contributed by atoms with Crippen LogP contribution in [0.2, 0.25) is 0 Å². The van der Waals surface area contributed by atoms with Gasteiger partial charge in [-0.05, 0) is 12.1 Å². The van der Waals surface area contributed by atoms with Gasteiger partial charge in [-0.2, -0.15) is 0 Å². The Morgan fingerprint density at radius 3 is 2.62 bits per heavy atom. The maximum absolute atomic E-state index is 12.3. The molecule has 2 aromatic rings. The van der Waals surface area contributed by atoms with Gasteiger partial charge in [-0.1, -0.05) is 25.1 Å². The zero-order valence-electron chi connectivity index (χ0n) is 11.8. The standard InChI is InChI=1S/C15H16N2O4/c1-10(8-13(18)19)14-16-12(9-21-14)15(20)17(2)11-6-4-3-5-7-11/h3-7,9-10H,8H2,1-2H3,(H,18,19). The summed E-state index contributed by atoms with van der Waals surface area (Å²) in [6, 6.07) is 9.16. The molecule has 1 atom stereocenters. The monoisotopic (exact) mass is 288 g/mol. The van der Waals surface area contributed by atoms with Gasteiger partial charge in [0.25, 0.3) is 5.91 Å². The van der Waals surface area contributed by atoms with Gasteiger partial charge in [-0.3, -0.25) is 9.59 Å². The van der Waals surface area contributed by atoms with Crippen molar-refractivity contribution in [2.75, 3.05) is 11.9 Å². The van der Waals surface area contributed by atoms with E-state index < -0.39 is 5.97 Å². The predicted octanol–water partition coefficient (Wildman–Crippen LogP) is 2.53. The normalized spacial score (nSPS) is 11.9. The van der Waals surface area contributed by atoms with Crippen LogP contribution in [0, 0.1) is 0 Å². The number of hydrogen-bond donors (Lipinski definition) is 1. The highest BCUT2D eigenvalue weighted by Gasteiger charge is 2.21. The fraction of sp³-hybridized carbons (Fsp3) is 0.267. The van der Waals surface area contributed by atoms with Gasteiger partial charge in [0.15, 0.2) is 11.6 Å². The molecule has 0 bridgehead atoms. The summed E-state index contributed by atoms with van der Waals surface area (Å²) in [6.07, 6.45) is 1.16. The summed E-state index contributed by atoms with van der Waals surface area (Å²) in [7, 11) is 1.65. The van der Waals surface area contributed by atoms with Crippen LogP contribution in [0.4, 0.5) is 5.69 Å². The molecule has 1 unspecified atom stereocenters. The average molecular weight is 288 g/mol. The van der Waals surface area contributed by atoms with Crippen LogP contribution < -0.4 is 4.90 Å². The van der Waals surface area contributed by atoms with Crippen molar-refractivity contribution in [2.24, 2.45) is 0 Å². The lowest BCUT2D eigenvalue weighted by molar-refractivity contribution is -0.137. The summed E-state index contributed by atoms with van der Waals surface area (Å²) in [6.45, 7) is 1.69. The van der Waals surface area contributed by atoms with Crippen LogP contribution in [0.3, 0.4) is 0 Å². The first-order chi connectivity index (χ1) is 9.99. The van der Waals surface area contributed by atoms with E-state index in [9.17, 15) is 9.59 Å². The van der Waals surface area contributed by atoms with Crippen molar-refractivity contribution in [3.8, 4) is 0 Å². The molecule has 0 saturated carbocycles. The summed E-state index contributed by atoms with van der Waals surface area (Å²) >= 11 is 0. The van der Waals surface area contributed by atoms with Crippen molar-refractivity contribution in [1.82, 2.24) is 4.98 Å². The van der Waals surface area contributed by atoms with Crippen molar-refractivity contribution in [3.05, 3.63) is 48.2 Å². The smallest absolute Gasteiger partial charge is 0.304 e. The Morgan fingerprint density at radius 1 is 1.33 bits per heavy atom. The molecule has 0 aliphatic rings. The molecule has 0 saturated heterocycles. The highest BCUT2D eigenvalue weighted by Crippen LogP contribution is 2.20. The second-order valence-corrected chi connectivity index (χ2v) is 4.77. The maximum atomic E-state index is 12.3. The van der Waals surface area contributed by atoms with Crippen molar-refractivity contribution in [1.29, 1.82) is 0 Å². The number of rotatable bonds is 5. The highest BCUT2D eigenvalue weighted by molar-refractivity contribution is 6.04. The number of carbonyl (C=O) groups is 2. The molecule has 1 aromatic heterocycles. The van der Waals surface area contributed by atoms with Crippen LogP contribution in [0.15, 0.2) is 41.0 Å². The molecular weight excluding hydrogens is 272 g/mol. The van der Waals surface area contributed by atoms with Crippen LogP contribution >= 0.6 is 0 Å². The van der Waals surface area contributed by atoms with Gasteiger partial charge < -0.3 is 14.4 Å². The van der Waals surface area contributed by atoms with Crippen molar-refractivity contribution >= 4 is 17.6 Å². The van der Waals surface area contributed by atoms with E-state index in [1.54, 1.807) is 14.0 Å². The quantitative estimate of drug-likeness (QED) is 0.914. The minimum Gasteiger partial charge on any atom is -0.481 e. The molecule has 6 nitrogen and oxygen atoms in total. The van der Waals surface area contributed by atoms with Gasteiger partial charge >= 0.3 is 5.97 Å². The molecule has 6 heteroatoms. The summed E-state index contributed by atoms with van der Waals surface area (Å²) in [5.41, 5.74) is 0.902. The van der Waals surface area contributed by atoms with E-state index in [0.29, 0.717) is 0 Å². The molecule has 0 radical (unpaired) electrons. The molecular formula is C15H16N2O4. The van der Waals surface area contributed by atoms with Crippen molar-refractivity contribution in [2.45, 2.75) is 19.3 Å². The molecule has 0 aliphatic heterocycles. The largest absolute Gasteiger partial charge is 0.481 e. The van der Waals surface area contributed by atoms with Crippen LogP contribution in [0.1, 0.15) is 35.6 Å². The number of anilines is 1. The molecule has 1 heterocycles. The summed E-state index contributed by atoms with van der Waals surface area (Å²) in [4.78, 5) is 28.5. The van der Waals surface area contributed by atoms with Crippen molar-refractivity contribution in [3.63, 3.8) is 0 Å². The van der Waals surface area contributed by atoms with Gasteiger partial charge in [0.2, 0.25) is 0 Å². The average Bonchev–Trinajstić information content (AvgIpc) is 2.96. The van der Waals surface area contributed by atoms with E-state index in [1.807, 2.05) is 30.3 Å². The van der Waals surface area contributed by atoms with E-state index >= 15 is 0 Å². The highest BCUT2D eigenvalue weighted by atomic mass is 16.4. The minimum absolute atomic E-state index is 0.0946. The summed E-state index contributed by atoms with van der Waals surface area (Å²) in [5.74, 6) is -1.37. The molecule has 21 heavy (non-hydrogen) atoms. The minimum atomic E-state index is -0.935. The third kappa shape index (κ3) is 3.47. The number of carboxylic acid groups (broad SMARTS) is 1. The molecule has 0 fully saturated rings. The Hall–Kier alpha value is -2.63. The fourth-order valence-corrected chi connectivity index (χ4v) is 1.90. The van der Waals surface area contributed by atoms with Gasteiger partial charge in [0.1, 0.15) is 6.26 Å². The molecule has 0 aliphatic carbocycles. The van der Waals surface area contributed by atoms with E-state index in [1.165, 1.54) is 11.2 Å². The number of amides is 1. The number of nitrogens with zero attached hydrogens (tertiary/aromatic N) is 2. The third-order valence-corrected chi connectivity index (χ3v) is 3.09. The Bertz CT molecular complexity index is 636. The second-order valence-electron chi connectivity index (χ2n) is 4.77. The number of oxazole rings is 1. The zero-order valence-corrected chi connectivity index (χ0v) is 11.8. The van der Waals surface area contributed by atoms with Crippen LogP contribution in [-0.2, 0) is 4.79 Å². The Balaban J connectivity index is 2.14. The first-order valence-corrected chi connectivity index (χ1v) is 6.49. The summed E-state index contributed by atoms with van der Waals surface area (Å²) < 4.78 is 5.21. The number of para-hydroxylation sites is 1. The van der Waals surface area contributed by atoms with E-state index in [4.69, 9.17) is 9.52 Å². The van der Waals surface area contributed by atoms with Gasteiger partial charge in [0.05, 0.1) is 6.42 Å². The SMILES string of the molecule is CC(CC(=O)O)c1nc(C(=O)N(C)c2ccccc2)co1. The molecule has 110 valence electrons. The third-order valence-electron chi connectivity index (χ3n) is 3.09. The van der Waals surface area contributed by atoms with Gasteiger partial charge in [0, 0.05) is 18.7 Å². The number of hydrogen-bond acceptors (Lipinski definition) is 4. The molecule has 1 amide bonds. The topological polar surface area (TPSA) is 83.6 Å². The van der Waals surface area contributed by atoms with E-state index in [2.05, 4.69) is 4.98 Å². The molecule has 1 aromatic carbocycles. The van der Waals surface area contributed by atoms with Gasteiger partial charge in [-0.25, -0.2) is 4.98 Å². The van der Waals surface area contributed by atoms with Crippen LogP contribution in [0.5, 0.6) is 0 Å². The van der Waals surface area contributed by atoms with E-state index in [-0.39, 0.29) is 29.8 Å². The lowest BCUT2D eigenvalue weighted by Gasteiger charge is -2.15. The maximum Gasteiger partial charge on any atom is 0.304 e. The number of aromatic nitrogens is 1. The van der Waals surface area contributed by atoms with E-state index in [0.717, 1.165) is 5.69 Å². The fourth-order valence-electron chi connectivity index (χ4n) is 1.90. The first kappa shape index (κ1) is 14.8. The van der Waals surface area contributed by atoms with Crippen LogP contribution in [-0.4, -0.2) is 29.0 Å². The predicted molar refractivity (Wildman–Crippen MR) is 76.3 cm³/mol. The van der Waals surface area contributed by atoms with Crippen LogP contribution in [0.25, 0.3) is 0 Å². The lowest BCUT2D eigenvalue weighted by atomic mass is 10.1. The number of aliphatic carboxylic acids is 1. The Kier molecular flexibility index (Phi) is 4.37. The number of carbonyl (C=O) groups excluding carboxylic acids is 1. The lowest BCUT2D eigenvalue weighted by Crippen LogP contribution is -2.26. The zero-order chi connectivity index (χ0) is 15.4. The summed E-state index contributed by atoms with van der Waals surface area (Å²) in [5, 5.41) is 8.75. The van der Waals surface area contributed by atoms with Crippen molar-refractivity contribution < 1.29 is 19.1 Å². The molecule has 0 spiro atoms. The first-order valence-electron chi connectivity index (χ1n) is 6.49. The number of carboxylic acids is 1. The molecule has 2 rings (SSSR count). The Morgan fingerprint density at radius 2 is 2.00 bits per heavy atom. The number of benzene rings is 1. The van der Waals surface area contributed by atoms with Gasteiger partial charge in [-0.15, -0.1) is 0 Å².